The second-order valence-electron chi connectivity index (χ2n) is 9.47. The van der Waals surface area contributed by atoms with Crippen LogP contribution in [0.15, 0.2) is 91.0 Å². The van der Waals surface area contributed by atoms with E-state index in [1.165, 1.54) is 11.8 Å². The van der Waals surface area contributed by atoms with Gasteiger partial charge in [0.05, 0.1) is 6.04 Å². The maximum atomic E-state index is 14.0. The molecule has 164 valence electrons. The number of imide groups is 1. The summed E-state index contributed by atoms with van der Waals surface area (Å²) in [4.78, 5) is 28.2. The Bertz CT molecular complexity index is 998. The van der Waals surface area contributed by atoms with Gasteiger partial charge in [-0.2, -0.15) is 0 Å². The van der Waals surface area contributed by atoms with Crippen LogP contribution in [0, 0.1) is 5.41 Å². The fourth-order valence-corrected chi connectivity index (χ4v) is 9.70. The minimum absolute atomic E-state index is 0.194. The number of carbonyl (C=O) groups is 2. The second-order valence-corrected chi connectivity index (χ2v) is 13.2. The van der Waals surface area contributed by atoms with Crippen LogP contribution in [0.3, 0.4) is 0 Å². The van der Waals surface area contributed by atoms with Gasteiger partial charge >= 0.3 is 6.03 Å². The molecule has 1 heterocycles. The number of benzene rings is 3. The molecular weight excluding hydrogens is 412 g/mol. The zero-order chi connectivity index (χ0) is 22.9. The van der Waals surface area contributed by atoms with Crippen molar-refractivity contribution in [2.24, 2.45) is 5.41 Å². The van der Waals surface area contributed by atoms with Crippen molar-refractivity contribution >= 4 is 35.7 Å². The maximum absolute atomic E-state index is 14.0. The quantitative estimate of drug-likeness (QED) is 0.459. The van der Waals surface area contributed by atoms with Gasteiger partial charge in [-0.3, -0.25) is 9.69 Å². The van der Waals surface area contributed by atoms with Crippen LogP contribution in [0.4, 0.5) is 4.79 Å². The molecule has 5 heteroatoms. The van der Waals surface area contributed by atoms with Crippen molar-refractivity contribution < 1.29 is 9.59 Å². The van der Waals surface area contributed by atoms with Crippen LogP contribution < -0.4 is 15.6 Å². The van der Waals surface area contributed by atoms with Crippen LogP contribution in [0.5, 0.6) is 0 Å². The first-order valence-electron chi connectivity index (χ1n) is 11.1. The lowest BCUT2D eigenvalue weighted by Gasteiger charge is -2.41. The molecule has 1 aliphatic heterocycles. The van der Waals surface area contributed by atoms with E-state index in [0.29, 0.717) is 6.54 Å². The van der Waals surface area contributed by atoms with E-state index in [1.807, 2.05) is 59.2 Å². The number of carbonyl (C=O) groups excluding carboxylic acids is 2. The number of amides is 3. The molecule has 0 radical (unpaired) electrons. The molecule has 0 spiro atoms. The molecule has 3 aromatic carbocycles. The highest BCUT2D eigenvalue weighted by atomic mass is 28.3. The number of hydrogen-bond acceptors (Lipinski definition) is 2. The fraction of sp³-hybridized carbons (Fsp3) is 0.259. The molecule has 1 fully saturated rings. The third-order valence-electron chi connectivity index (χ3n) is 6.42. The Labute approximate surface area is 191 Å². The fourth-order valence-electron chi connectivity index (χ4n) is 4.90. The molecule has 0 aromatic heterocycles. The average Bonchev–Trinajstić information content (AvgIpc) is 3.15. The SMILES string of the molecule is CC(=O)N1C(=O)N([Si](c2ccccc2)(c2ccccc2)c2ccccc2)C[C@@H]1C(C)(C)C. The minimum Gasteiger partial charge on any atom is -0.337 e. The van der Waals surface area contributed by atoms with E-state index in [9.17, 15) is 9.59 Å². The molecule has 0 saturated carbocycles. The Morgan fingerprint density at radius 1 is 0.781 bits per heavy atom. The summed E-state index contributed by atoms with van der Waals surface area (Å²) < 4.78 is 2.03. The highest BCUT2D eigenvalue weighted by molar-refractivity contribution is 7.10. The minimum atomic E-state index is -2.97. The van der Waals surface area contributed by atoms with Gasteiger partial charge in [0.25, 0.3) is 8.24 Å². The van der Waals surface area contributed by atoms with Crippen molar-refractivity contribution in [3.63, 3.8) is 0 Å². The Balaban J connectivity index is 2.05. The number of nitrogens with zero attached hydrogens (tertiary/aromatic N) is 2. The number of hydrogen-bond donors (Lipinski definition) is 0. The Hall–Kier alpha value is -3.18. The van der Waals surface area contributed by atoms with E-state index in [-0.39, 0.29) is 23.4 Å². The summed E-state index contributed by atoms with van der Waals surface area (Å²) in [6, 6.07) is 30.6. The van der Waals surface area contributed by atoms with Crippen LogP contribution in [-0.4, -0.2) is 42.2 Å². The van der Waals surface area contributed by atoms with E-state index in [2.05, 4.69) is 57.2 Å². The summed E-state index contributed by atoms with van der Waals surface area (Å²) >= 11 is 0. The lowest BCUT2D eigenvalue weighted by atomic mass is 9.86. The van der Waals surface area contributed by atoms with Gasteiger partial charge in [0.2, 0.25) is 5.91 Å². The summed E-state index contributed by atoms with van der Waals surface area (Å²) in [5.41, 5.74) is -0.236. The van der Waals surface area contributed by atoms with Crippen LogP contribution in [-0.2, 0) is 4.79 Å². The van der Waals surface area contributed by atoms with Gasteiger partial charge in [-0.15, -0.1) is 0 Å². The molecule has 1 aliphatic rings. The van der Waals surface area contributed by atoms with Gasteiger partial charge in [0.1, 0.15) is 0 Å². The van der Waals surface area contributed by atoms with Gasteiger partial charge in [0, 0.05) is 13.5 Å². The first-order chi connectivity index (χ1) is 15.3. The van der Waals surface area contributed by atoms with E-state index in [4.69, 9.17) is 0 Å². The van der Waals surface area contributed by atoms with E-state index in [0.717, 1.165) is 15.6 Å². The van der Waals surface area contributed by atoms with Crippen molar-refractivity contribution in [2.45, 2.75) is 33.7 Å². The Morgan fingerprint density at radius 2 is 1.16 bits per heavy atom. The molecule has 3 amide bonds. The predicted molar refractivity (Wildman–Crippen MR) is 132 cm³/mol. The molecular formula is C27H30N2O2Si. The zero-order valence-corrected chi connectivity index (χ0v) is 20.2. The van der Waals surface area contributed by atoms with Crippen LogP contribution in [0.25, 0.3) is 0 Å². The number of urea groups is 1. The second kappa shape index (κ2) is 8.39. The molecule has 0 aliphatic carbocycles. The first-order valence-corrected chi connectivity index (χ1v) is 13.0. The largest absolute Gasteiger partial charge is 0.337 e. The molecule has 0 N–H and O–H groups in total. The smallest absolute Gasteiger partial charge is 0.319 e. The average molecular weight is 443 g/mol. The monoisotopic (exact) mass is 442 g/mol. The van der Waals surface area contributed by atoms with Crippen LogP contribution >= 0.6 is 0 Å². The highest BCUT2D eigenvalue weighted by Gasteiger charge is 2.56. The zero-order valence-electron chi connectivity index (χ0n) is 19.2. The lowest BCUT2D eigenvalue weighted by Crippen LogP contribution is -2.77. The number of rotatable bonds is 4. The van der Waals surface area contributed by atoms with E-state index < -0.39 is 8.24 Å². The Morgan fingerprint density at radius 3 is 1.44 bits per heavy atom. The summed E-state index contributed by atoms with van der Waals surface area (Å²) in [5.74, 6) is -0.200. The maximum Gasteiger partial charge on any atom is 0.319 e. The summed E-state index contributed by atoms with van der Waals surface area (Å²) in [6.07, 6.45) is 0. The topological polar surface area (TPSA) is 40.6 Å². The third kappa shape index (κ3) is 3.56. The molecule has 1 atom stereocenters. The van der Waals surface area contributed by atoms with Crippen molar-refractivity contribution in [2.75, 3.05) is 6.54 Å². The third-order valence-corrected chi connectivity index (χ3v) is 11.1. The van der Waals surface area contributed by atoms with Gasteiger partial charge in [-0.1, -0.05) is 112 Å². The van der Waals surface area contributed by atoms with Crippen LogP contribution in [0.1, 0.15) is 27.7 Å². The van der Waals surface area contributed by atoms with Gasteiger partial charge < -0.3 is 4.57 Å². The van der Waals surface area contributed by atoms with Gasteiger partial charge in [-0.05, 0) is 21.0 Å². The van der Waals surface area contributed by atoms with Crippen molar-refractivity contribution in [3.05, 3.63) is 91.0 Å². The van der Waals surface area contributed by atoms with Gasteiger partial charge in [-0.25, -0.2) is 4.79 Å². The predicted octanol–water partition coefficient (Wildman–Crippen LogP) is 3.35. The van der Waals surface area contributed by atoms with E-state index >= 15 is 0 Å². The normalized spacial score (nSPS) is 17.0. The molecule has 1 saturated heterocycles. The summed E-state index contributed by atoms with van der Waals surface area (Å²) in [7, 11) is -2.97. The Kier molecular flexibility index (Phi) is 5.78. The molecule has 0 bridgehead atoms. The summed E-state index contributed by atoms with van der Waals surface area (Å²) in [6.45, 7) is 8.30. The highest BCUT2D eigenvalue weighted by Crippen LogP contribution is 2.33. The van der Waals surface area contributed by atoms with Gasteiger partial charge in [0.15, 0.2) is 0 Å². The molecule has 4 nitrogen and oxygen atoms in total. The van der Waals surface area contributed by atoms with E-state index in [1.54, 1.807) is 0 Å². The van der Waals surface area contributed by atoms with Crippen molar-refractivity contribution in [1.29, 1.82) is 0 Å². The first kappa shape index (κ1) is 22.0. The van der Waals surface area contributed by atoms with Crippen LogP contribution in [0.2, 0.25) is 0 Å². The standard InChI is InChI=1S/C27H30N2O2Si/c1-21(30)29-25(27(2,3)4)20-28(26(29)31)32(22-14-8-5-9-15-22,23-16-10-6-11-17-23)24-18-12-7-13-19-24/h5-19,25H,20H2,1-4H3/t25-/m1/s1. The summed E-state index contributed by atoms with van der Waals surface area (Å²) in [5, 5.41) is 3.39. The molecule has 4 rings (SSSR count). The molecule has 3 aromatic rings. The lowest BCUT2D eigenvalue weighted by molar-refractivity contribution is -0.128. The molecule has 0 unspecified atom stereocenters. The van der Waals surface area contributed by atoms with Crippen molar-refractivity contribution in [3.8, 4) is 0 Å². The molecule has 32 heavy (non-hydrogen) atoms. The van der Waals surface area contributed by atoms with Crippen molar-refractivity contribution in [1.82, 2.24) is 9.47 Å².